The second-order valence-corrected chi connectivity index (χ2v) is 10.2. The Morgan fingerprint density at radius 2 is 1.94 bits per heavy atom. The van der Waals surface area contributed by atoms with Gasteiger partial charge in [0.1, 0.15) is 11.6 Å². The van der Waals surface area contributed by atoms with E-state index in [0.717, 1.165) is 47.1 Å². The summed E-state index contributed by atoms with van der Waals surface area (Å²) in [5.41, 5.74) is 2.70. The molecular weight excluding hydrogens is 543 g/mol. The number of fused-ring (bicyclic) bond motifs is 1. The molecular formula is C24H24F2IN3OS. The lowest BCUT2D eigenvalue weighted by molar-refractivity contribution is 0.284. The summed E-state index contributed by atoms with van der Waals surface area (Å²) in [6, 6.07) is 9.83. The van der Waals surface area contributed by atoms with E-state index in [2.05, 4.69) is 32.5 Å². The van der Waals surface area contributed by atoms with Crippen molar-refractivity contribution in [3.8, 4) is 0 Å². The number of hydrogen-bond donors (Lipinski definition) is 0. The molecule has 2 aromatic heterocycles. The molecule has 1 aliphatic heterocycles. The third-order valence-electron chi connectivity index (χ3n) is 5.86. The Labute approximate surface area is 204 Å². The molecule has 3 aromatic rings. The molecule has 0 bridgehead atoms. The molecule has 0 aliphatic carbocycles. The van der Waals surface area contributed by atoms with Crippen molar-refractivity contribution in [2.45, 2.75) is 30.8 Å². The van der Waals surface area contributed by atoms with Gasteiger partial charge in [-0.25, -0.2) is 8.78 Å². The zero-order valence-corrected chi connectivity index (χ0v) is 20.9. The molecule has 0 saturated carbocycles. The van der Waals surface area contributed by atoms with Gasteiger partial charge in [-0.1, -0.05) is 12.1 Å². The van der Waals surface area contributed by atoms with E-state index < -0.39 is 11.6 Å². The topological polar surface area (TPSA) is 38.1 Å². The fourth-order valence-corrected chi connectivity index (χ4v) is 6.02. The number of rotatable bonds is 7. The van der Waals surface area contributed by atoms with Crippen LogP contribution in [-0.2, 0) is 12.8 Å². The van der Waals surface area contributed by atoms with Gasteiger partial charge in [0, 0.05) is 49.1 Å². The average molecular weight is 567 g/mol. The van der Waals surface area contributed by atoms with Crippen LogP contribution in [0.3, 0.4) is 0 Å². The second kappa shape index (κ2) is 10.0. The van der Waals surface area contributed by atoms with E-state index >= 15 is 0 Å². The van der Waals surface area contributed by atoms with Crippen LogP contribution in [0.15, 0.2) is 52.4 Å². The van der Waals surface area contributed by atoms with Crippen molar-refractivity contribution in [3.63, 3.8) is 0 Å². The molecule has 0 saturated heterocycles. The minimum absolute atomic E-state index is 0.00886. The molecule has 1 aromatic carbocycles. The molecule has 0 amide bonds. The Balaban J connectivity index is 1.59. The smallest absolute Gasteiger partial charge is 0.265 e. The lowest BCUT2D eigenvalue weighted by Gasteiger charge is -2.23. The molecule has 0 fully saturated rings. The molecule has 3 heterocycles. The summed E-state index contributed by atoms with van der Waals surface area (Å²) in [4.78, 5) is 19.7. The van der Waals surface area contributed by atoms with Crippen LogP contribution in [0.2, 0.25) is 0 Å². The molecule has 0 spiro atoms. The molecule has 4 rings (SSSR count). The zero-order valence-electron chi connectivity index (χ0n) is 17.9. The number of aromatic nitrogens is 2. The van der Waals surface area contributed by atoms with Gasteiger partial charge in [-0.2, -0.15) is 0 Å². The molecule has 1 atom stereocenters. The summed E-state index contributed by atoms with van der Waals surface area (Å²) in [6.45, 7) is 3.42. The molecule has 0 radical (unpaired) electrons. The van der Waals surface area contributed by atoms with Gasteiger partial charge in [0.15, 0.2) is 0 Å². The van der Waals surface area contributed by atoms with Crippen molar-refractivity contribution in [1.82, 2.24) is 14.5 Å². The molecule has 168 valence electrons. The lowest BCUT2D eigenvalue weighted by atomic mass is 10.0. The van der Waals surface area contributed by atoms with Crippen molar-refractivity contribution >= 4 is 34.4 Å². The largest absolute Gasteiger partial charge is 0.304 e. The number of pyridine rings is 2. The first-order chi connectivity index (χ1) is 15.4. The number of thioether (sulfide) groups is 1. The van der Waals surface area contributed by atoms with Crippen LogP contribution >= 0.6 is 34.4 Å². The van der Waals surface area contributed by atoms with Crippen LogP contribution in [-0.4, -0.2) is 40.3 Å². The van der Waals surface area contributed by atoms with Gasteiger partial charge >= 0.3 is 0 Å². The standard InChI is InChI=1S/C24H24F2IN3OS/c1-15-18(12-19-20(25)7-5-8-21(19)26)24-30(23(31)22(15)27)17(14-32-24)13-29(2)11-9-16-6-3-4-10-28-16/h3-8,10,17H,9,11-14H2,1-2H3. The highest BCUT2D eigenvalue weighted by Crippen LogP contribution is 2.38. The highest BCUT2D eigenvalue weighted by atomic mass is 127. The van der Waals surface area contributed by atoms with Gasteiger partial charge in [0.05, 0.1) is 14.6 Å². The molecule has 4 nitrogen and oxygen atoms in total. The zero-order chi connectivity index (χ0) is 22.8. The molecule has 1 aliphatic rings. The molecule has 32 heavy (non-hydrogen) atoms. The highest BCUT2D eigenvalue weighted by molar-refractivity contribution is 14.1. The van der Waals surface area contributed by atoms with E-state index in [1.54, 1.807) is 18.0 Å². The maximum absolute atomic E-state index is 14.3. The van der Waals surface area contributed by atoms with Crippen molar-refractivity contribution in [3.05, 3.63) is 90.5 Å². The van der Waals surface area contributed by atoms with Gasteiger partial charge in [-0.15, -0.1) is 11.8 Å². The van der Waals surface area contributed by atoms with Gasteiger partial charge < -0.3 is 4.90 Å². The molecule has 1 unspecified atom stereocenters. The van der Waals surface area contributed by atoms with Gasteiger partial charge in [-0.3, -0.25) is 14.3 Å². The predicted octanol–water partition coefficient (Wildman–Crippen LogP) is 4.85. The molecule has 8 heteroatoms. The highest BCUT2D eigenvalue weighted by Gasteiger charge is 2.30. The third kappa shape index (κ3) is 4.77. The van der Waals surface area contributed by atoms with Crippen LogP contribution < -0.4 is 5.56 Å². The van der Waals surface area contributed by atoms with Crippen molar-refractivity contribution in [2.75, 3.05) is 25.9 Å². The van der Waals surface area contributed by atoms with E-state index in [4.69, 9.17) is 0 Å². The van der Waals surface area contributed by atoms with E-state index in [1.165, 1.54) is 18.2 Å². The first-order valence-electron chi connectivity index (χ1n) is 10.4. The minimum Gasteiger partial charge on any atom is -0.304 e. The Morgan fingerprint density at radius 3 is 2.62 bits per heavy atom. The summed E-state index contributed by atoms with van der Waals surface area (Å²) < 4.78 is 31.1. The number of benzene rings is 1. The van der Waals surface area contributed by atoms with Crippen molar-refractivity contribution in [2.24, 2.45) is 0 Å². The second-order valence-electron chi connectivity index (χ2n) is 8.07. The molecule has 0 N–H and O–H groups in total. The number of nitrogens with zero attached hydrogens (tertiary/aromatic N) is 3. The van der Waals surface area contributed by atoms with Crippen molar-refractivity contribution < 1.29 is 8.78 Å². The summed E-state index contributed by atoms with van der Waals surface area (Å²) in [5.74, 6) is -0.355. The van der Waals surface area contributed by atoms with Crippen LogP contribution in [0.1, 0.15) is 28.4 Å². The Morgan fingerprint density at radius 1 is 1.19 bits per heavy atom. The Kier molecular flexibility index (Phi) is 7.31. The predicted molar refractivity (Wildman–Crippen MR) is 133 cm³/mol. The SMILES string of the molecule is Cc1c(Cc2c(F)cccc2F)c2n(c(=O)c1I)C(CN(C)CCc1ccccn1)CS2. The Bertz CT molecular complexity index is 1170. The fraction of sp³-hybridized carbons (Fsp3) is 0.333. The minimum atomic E-state index is -0.557. The summed E-state index contributed by atoms with van der Waals surface area (Å²) >= 11 is 3.67. The maximum atomic E-state index is 14.3. The van der Waals surface area contributed by atoms with Crippen LogP contribution in [0.5, 0.6) is 0 Å². The van der Waals surface area contributed by atoms with E-state index in [0.29, 0.717) is 3.57 Å². The number of hydrogen-bond acceptors (Lipinski definition) is 4. The van der Waals surface area contributed by atoms with Crippen LogP contribution in [0.25, 0.3) is 0 Å². The number of likely N-dealkylation sites (N-methyl/N-ethyl adjacent to an activating group) is 1. The van der Waals surface area contributed by atoms with Gasteiger partial charge in [0.25, 0.3) is 5.56 Å². The van der Waals surface area contributed by atoms with Crippen LogP contribution in [0, 0.1) is 22.1 Å². The Hall–Kier alpha value is -1.78. The quantitative estimate of drug-likeness (QED) is 0.383. The third-order valence-corrected chi connectivity index (χ3v) is 8.39. The van der Waals surface area contributed by atoms with E-state index in [9.17, 15) is 13.6 Å². The van der Waals surface area contributed by atoms with E-state index in [-0.39, 0.29) is 23.6 Å². The normalized spacial score (nSPS) is 15.4. The van der Waals surface area contributed by atoms with Crippen LogP contribution in [0.4, 0.5) is 8.78 Å². The maximum Gasteiger partial charge on any atom is 0.265 e. The first kappa shape index (κ1) is 23.4. The lowest BCUT2D eigenvalue weighted by Crippen LogP contribution is -2.35. The van der Waals surface area contributed by atoms with Gasteiger partial charge in [0.2, 0.25) is 0 Å². The van der Waals surface area contributed by atoms with Crippen molar-refractivity contribution in [1.29, 1.82) is 0 Å². The van der Waals surface area contributed by atoms with E-state index in [1.807, 2.05) is 36.7 Å². The first-order valence-corrected chi connectivity index (χ1v) is 12.5. The number of halogens is 3. The fourth-order valence-electron chi connectivity index (χ4n) is 4.06. The monoisotopic (exact) mass is 567 g/mol. The van der Waals surface area contributed by atoms with Gasteiger partial charge in [-0.05, 0) is 72.0 Å². The summed E-state index contributed by atoms with van der Waals surface area (Å²) in [6.07, 6.45) is 2.76. The summed E-state index contributed by atoms with van der Waals surface area (Å²) in [5, 5.41) is 0.832. The average Bonchev–Trinajstić information content (AvgIpc) is 3.19. The summed E-state index contributed by atoms with van der Waals surface area (Å²) in [7, 11) is 2.05.